The molecule has 0 amide bonds. The molecule has 1 atom stereocenters. The zero-order valence-corrected chi connectivity index (χ0v) is 11.3. The van der Waals surface area contributed by atoms with E-state index >= 15 is 0 Å². The lowest BCUT2D eigenvalue weighted by Crippen LogP contribution is -2.13. The maximum atomic E-state index is 6.07. The van der Waals surface area contributed by atoms with Crippen LogP contribution in [0.25, 0.3) is 0 Å². The van der Waals surface area contributed by atoms with Crippen LogP contribution in [0, 0.1) is 6.92 Å². The van der Waals surface area contributed by atoms with Crippen molar-refractivity contribution < 1.29 is 0 Å². The molecule has 0 unspecified atom stereocenters. The van der Waals surface area contributed by atoms with Crippen molar-refractivity contribution in [2.45, 2.75) is 25.8 Å². The largest absolute Gasteiger partial charge is 0.330 e. The molecule has 4 N–H and O–H groups in total. The van der Waals surface area contributed by atoms with Crippen LogP contribution in [-0.2, 0) is 0 Å². The van der Waals surface area contributed by atoms with E-state index in [9.17, 15) is 0 Å². The fourth-order valence-electron chi connectivity index (χ4n) is 1.50. The van der Waals surface area contributed by atoms with E-state index in [1.54, 1.807) is 0 Å². The van der Waals surface area contributed by atoms with Crippen molar-refractivity contribution in [1.29, 1.82) is 0 Å². The molecule has 0 spiro atoms. The summed E-state index contributed by atoms with van der Waals surface area (Å²) in [5.41, 5.74) is 14.0. The lowest BCUT2D eigenvalue weighted by atomic mass is 9.98. The molecule has 0 bridgehead atoms. The number of nitrogens with two attached hydrogens (primary N) is 2. The maximum Gasteiger partial charge on any atom is 0.0298 e. The van der Waals surface area contributed by atoms with Gasteiger partial charge in [-0.3, -0.25) is 0 Å². The molecule has 0 aliphatic rings. The zero-order valence-electron chi connectivity index (χ0n) is 8.87. The van der Waals surface area contributed by atoms with Crippen molar-refractivity contribution in [3.8, 4) is 0 Å². The van der Waals surface area contributed by atoms with Crippen LogP contribution in [0.2, 0.25) is 0 Å². The molecule has 2 nitrogen and oxygen atoms in total. The van der Waals surface area contributed by atoms with Crippen LogP contribution in [0.4, 0.5) is 0 Å². The van der Waals surface area contributed by atoms with Crippen molar-refractivity contribution in [2.24, 2.45) is 11.5 Å². The lowest BCUT2D eigenvalue weighted by molar-refractivity contribution is 0.615. The van der Waals surface area contributed by atoms with Crippen LogP contribution in [-0.4, -0.2) is 6.54 Å². The molecule has 0 aliphatic carbocycles. The van der Waals surface area contributed by atoms with Gasteiger partial charge in [-0.05, 0) is 49.6 Å². The van der Waals surface area contributed by atoms with Crippen LogP contribution in [0.3, 0.4) is 0 Å². The third kappa shape index (κ3) is 4.51. The molecule has 0 saturated carbocycles. The first-order chi connectivity index (χ1) is 6.65. The average molecular weight is 294 g/mol. The molecule has 0 fully saturated rings. The summed E-state index contributed by atoms with van der Waals surface area (Å²) >= 11 is 3.45. The smallest absolute Gasteiger partial charge is 0.0298 e. The Morgan fingerprint density at radius 2 is 2.07 bits per heavy atom. The minimum atomic E-state index is 0. The number of benzene rings is 1. The molecular formula is C11H18BrClN2. The molecule has 0 aliphatic heterocycles. The van der Waals surface area contributed by atoms with E-state index in [0.29, 0.717) is 6.54 Å². The Hall–Kier alpha value is -0.0900. The quantitative estimate of drug-likeness (QED) is 0.897. The SMILES string of the molecule is Cc1ccc(Br)cc1[C@@H](N)CCCN.Cl. The molecule has 4 heteroatoms. The van der Waals surface area contributed by atoms with Gasteiger partial charge >= 0.3 is 0 Å². The van der Waals surface area contributed by atoms with Gasteiger partial charge in [0.15, 0.2) is 0 Å². The summed E-state index contributed by atoms with van der Waals surface area (Å²) in [6, 6.07) is 6.32. The summed E-state index contributed by atoms with van der Waals surface area (Å²) < 4.78 is 1.08. The number of aryl methyl sites for hydroxylation is 1. The van der Waals surface area contributed by atoms with E-state index in [0.717, 1.165) is 17.3 Å². The third-order valence-corrected chi connectivity index (χ3v) is 2.85. The summed E-state index contributed by atoms with van der Waals surface area (Å²) in [6.45, 7) is 2.80. The van der Waals surface area contributed by atoms with Gasteiger partial charge in [-0.2, -0.15) is 0 Å². The van der Waals surface area contributed by atoms with Crippen molar-refractivity contribution in [3.05, 3.63) is 33.8 Å². The van der Waals surface area contributed by atoms with E-state index in [-0.39, 0.29) is 18.4 Å². The molecule has 86 valence electrons. The summed E-state index contributed by atoms with van der Waals surface area (Å²) in [4.78, 5) is 0. The van der Waals surface area contributed by atoms with Crippen LogP contribution in [0.5, 0.6) is 0 Å². The first kappa shape index (κ1) is 14.9. The molecule has 1 rings (SSSR count). The van der Waals surface area contributed by atoms with Gasteiger partial charge in [-0.25, -0.2) is 0 Å². The predicted octanol–water partition coefficient (Wildman–Crippen LogP) is 2.92. The van der Waals surface area contributed by atoms with Crippen LogP contribution in [0.15, 0.2) is 22.7 Å². The Labute approximate surface area is 106 Å². The van der Waals surface area contributed by atoms with E-state index in [1.165, 1.54) is 11.1 Å². The molecule has 0 heterocycles. The molecule has 1 aromatic carbocycles. The number of rotatable bonds is 4. The highest BCUT2D eigenvalue weighted by atomic mass is 79.9. The van der Waals surface area contributed by atoms with Crippen molar-refractivity contribution in [1.82, 2.24) is 0 Å². The van der Waals surface area contributed by atoms with Gasteiger partial charge in [0, 0.05) is 10.5 Å². The molecule has 1 aromatic rings. The number of hydrogen-bond acceptors (Lipinski definition) is 2. The summed E-state index contributed by atoms with van der Waals surface area (Å²) in [6.07, 6.45) is 1.93. The highest BCUT2D eigenvalue weighted by Crippen LogP contribution is 2.23. The molecule has 0 radical (unpaired) electrons. The summed E-state index contributed by atoms with van der Waals surface area (Å²) in [7, 11) is 0. The first-order valence-corrected chi connectivity index (χ1v) is 5.66. The van der Waals surface area contributed by atoms with E-state index in [2.05, 4.69) is 35.0 Å². The van der Waals surface area contributed by atoms with Gasteiger partial charge in [-0.1, -0.05) is 22.0 Å². The van der Waals surface area contributed by atoms with E-state index < -0.39 is 0 Å². The van der Waals surface area contributed by atoms with Crippen molar-refractivity contribution in [2.75, 3.05) is 6.54 Å². The van der Waals surface area contributed by atoms with Crippen LogP contribution < -0.4 is 11.5 Å². The van der Waals surface area contributed by atoms with Gasteiger partial charge in [0.25, 0.3) is 0 Å². The molecule has 15 heavy (non-hydrogen) atoms. The maximum absolute atomic E-state index is 6.07. The monoisotopic (exact) mass is 292 g/mol. The second-order valence-electron chi connectivity index (χ2n) is 3.54. The molecule has 0 aromatic heterocycles. The van der Waals surface area contributed by atoms with Crippen molar-refractivity contribution in [3.63, 3.8) is 0 Å². The second kappa shape index (κ2) is 7.23. The Morgan fingerprint density at radius 3 is 2.67 bits per heavy atom. The second-order valence-corrected chi connectivity index (χ2v) is 4.45. The predicted molar refractivity (Wildman–Crippen MR) is 71.3 cm³/mol. The van der Waals surface area contributed by atoms with E-state index in [1.807, 2.05) is 6.07 Å². The topological polar surface area (TPSA) is 52.0 Å². The van der Waals surface area contributed by atoms with E-state index in [4.69, 9.17) is 11.5 Å². The fraction of sp³-hybridized carbons (Fsp3) is 0.455. The van der Waals surface area contributed by atoms with Gasteiger partial charge < -0.3 is 11.5 Å². The summed E-state index contributed by atoms with van der Waals surface area (Å²) in [5.74, 6) is 0. The standard InChI is InChI=1S/C11H17BrN2.ClH/c1-8-4-5-9(12)7-10(8)11(14)3-2-6-13;/h4-5,7,11H,2-3,6,13-14H2,1H3;1H/t11-;/m0./s1. The molecular weight excluding hydrogens is 275 g/mol. The minimum Gasteiger partial charge on any atom is -0.330 e. The number of halogens is 2. The van der Waals surface area contributed by atoms with Gasteiger partial charge in [0.1, 0.15) is 0 Å². The highest BCUT2D eigenvalue weighted by Gasteiger charge is 2.08. The van der Waals surface area contributed by atoms with Crippen LogP contribution >= 0.6 is 28.3 Å². The average Bonchev–Trinajstić information content (AvgIpc) is 2.18. The Bertz CT molecular complexity index is 305. The minimum absolute atomic E-state index is 0. The summed E-state index contributed by atoms with van der Waals surface area (Å²) in [5, 5.41) is 0. The van der Waals surface area contributed by atoms with Crippen LogP contribution in [0.1, 0.15) is 30.0 Å². The first-order valence-electron chi connectivity index (χ1n) is 4.87. The Morgan fingerprint density at radius 1 is 1.40 bits per heavy atom. The lowest BCUT2D eigenvalue weighted by Gasteiger charge is -2.14. The van der Waals surface area contributed by atoms with Gasteiger partial charge in [-0.15, -0.1) is 12.4 Å². The highest BCUT2D eigenvalue weighted by molar-refractivity contribution is 9.10. The van der Waals surface area contributed by atoms with Crippen molar-refractivity contribution >= 4 is 28.3 Å². The van der Waals surface area contributed by atoms with Gasteiger partial charge in [0.2, 0.25) is 0 Å². The Kier molecular flexibility index (Phi) is 7.18. The fourth-order valence-corrected chi connectivity index (χ4v) is 1.88. The Balaban J connectivity index is 0.00000196. The normalized spacial score (nSPS) is 12.0. The zero-order chi connectivity index (χ0) is 10.6. The number of hydrogen-bond donors (Lipinski definition) is 2. The van der Waals surface area contributed by atoms with Gasteiger partial charge in [0.05, 0.1) is 0 Å². The third-order valence-electron chi connectivity index (χ3n) is 2.36. The molecule has 0 saturated heterocycles.